The Kier molecular flexibility index (Phi) is 3.72. The SMILES string of the molecule is Cc1ncccc1C(=O)Cc1ccc(Cl)c(F)c1. The van der Waals surface area contributed by atoms with Crippen molar-refractivity contribution >= 4 is 17.4 Å². The number of hydrogen-bond donors (Lipinski definition) is 0. The van der Waals surface area contributed by atoms with Gasteiger partial charge in [-0.25, -0.2) is 4.39 Å². The molecule has 0 fully saturated rings. The van der Waals surface area contributed by atoms with Gasteiger partial charge in [-0.1, -0.05) is 17.7 Å². The van der Waals surface area contributed by atoms with E-state index in [4.69, 9.17) is 11.6 Å². The van der Waals surface area contributed by atoms with Gasteiger partial charge in [-0.05, 0) is 36.8 Å². The largest absolute Gasteiger partial charge is 0.294 e. The van der Waals surface area contributed by atoms with Crippen LogP contribution in [0.1, 0.15) is 21.6 Å². The Labute approximate surface area is 109 Å². The number of aryl methyl sites for hydroxylation is 1. The van der Waals surface area contributed by atoms with E-state index >= 15 is 0 Å². The summed E-state index contributed by atoms with van der Waals surface area (Å²) < 4.78 is 13.3. The average Bonchev–Trinajstić information content (AvgIpc) is 2.34. The molecule has 2 aromatic rings. The third-order valence-electron chi connectivity index (χ3n) is 2.66. The Morgan fingerprint density at radius 1 is 1.39 bits per heavy atom. The van der Waals surface area contributed by atoms with Crippen molar-refractivity contribution in [1.29, 1.82) is 0 Å². The molecule has 0 saturated heterocycles. The van der Waals surface area contributed by atoms with E-state index in [0.717, 1.165) is 0 Å². The van der Waals surface area contributed by atoms with Crippen LogP contribution in [0.3, 0.4) is 0 Å². The number of carbonyl (C=O) groups is 1. The Hall–Kier alpha value is -1.74. The molecule has 1 aromatic heterocycles. The van der Waals surface area contributed by atoms with Crippen LogP contribution >= 0.6 is 11.6 Å². The van der Waals surface area contributed by atoms with Crippen molar-refractivity contribution in [3.8, 4) is 0 Å². The van der Waals surface area contributed by atoms with E-state index in [1.165, 1.54) is 12.1 Å². The zero-order chi connectivity index (χ0) is 13.1. The monoisotopic (exact) mass is 263 g/mol. The molecule has 0 saturated carbocycles. The van der Waals surface area contributed by atoms with Crippen molar-refractivity contribution in [3.63, 3.8) is 0 Å². The molecule has 18 heavy (non-hydrogen) atoms. The minimum absolute atomic E-state index is 0.0590. The van der Waals surface area contributed by atoms with Crippen LogP contribution in [0.4, 0.5) is 4.39 Å². The van der Waals surface area contributed by atoms with Gasteiger partial charge in [0.15, 0.2) is 5.78 Å². The second-order valence-corrected chi connectivity index (χ2v) is 4.39. The average molecular weight is 264 g/mol. The molecule has 0 aliphatic rings. The summed E-state index contributed by atoms with van der Waals surface area (Å²) in [5.74, 6) is -0.591. The Morgan fingerprint density at radius 3 is 2.83 bits per heavy atom. The van der Waals surface area contributed by atoms with E-state index in [9.17, 15) is 9.18 Å². The van der Waals surface area contributed by atoms with E-state index < -0.39 is 5.82 Å². The lowest BCUT2D eigenvalue weighted by Crippen LogP contribution is -2.06. The minimum Gasteiger partial charge on any atom is -0.294 e. The molecule has 0 spiro atoms. The predicted octanol–water partition coefficient (Wildman–Crippen LogP) is 3.61. The number of hydrogen-bond acceptors (Lipinski definition) is 2. The lowest BCUT2D eigenvalue weighted by Gasteiger charge is -2.04. The highest BCUT2D eigenvalue weighted by atomic mass is 35.5. The predicted molar refractivity (Wildman–Crippen MR) is 68.4 cm³/mol. The third-order valence-corrected chi connectivity index (χ3v) is 2.96. The second kappa shape index (κ2) is 5.27. The molecule has 0 aliphatic heterocycles. The Bertz CT molecular complexity index is 598. The maximum Gasteiger partial charge on any atom is 0.169 e. The molecule has 2 nitrogen and oxygen atoms in total. The zero-order valence-corrected chi connectivity index (χ0v) is 10.5. The van der Waals surface area contributed by atoms with Crippen molar-refractivity contribution in [3.05, 3.63) is 64.2 Å². The Balaban J connectivity index is 2.22. The van der Waals surface area contributed by atoms with Crippen molar-refractivity contribution in [2.24, 2.45) is 0 Å². The van der Waals surface area contributed by atoms with E-state index in [1.54, 1.807) is 31.3 Å². The number of rotatable bonds is 3. The first-order chi connectivity index (χ1) is 8.58. The normalized spacial score (nSPS) is 10.4. The first-order valence-corrected chi connectivity index (χ1v) is 5.84. The maximum absolute atomic E-state index is 13.3. The van der Waals surface area contributed by atoms with Gasteiger partial charge in [-0.15, -0.1) is 0 Å². The topological polar surface area (TPSA) is 30.0 Å². The summed E-state index contributed by atoms with van der Waals surface area (Å²) >= 11 is 5.59. The molecule has 0 radical (unpaired) electrons. The number of ketones is 1. The number of Topliss-reactive ketones (excluding diaryl/α,β-unsaturated/α-hetero) is 1. The number of nitrogens with zero attached hydrogens (tertiary/aromatic N) is 1. The molecule has 0 bridgehead atoms. The first-order valence-electron chi connectivity index (χ1n) is 5.46. The summed E-state index contributed by atoms with van der Waals surface area (Å²) in [5, 5.41) is 0.0590. The fourth-order valence-corrected chi connectivity index (χ4v) is 1.83. The molecular formula is C14H11ClFNO. The van der Waals surface area contributed by atoms with Crippen LogP contribution in [-0.2, 0) is 6.42 Å². The lowest BCUT2D eigenvalue weighted by atomic mass is 10.0. The summed E-state index contributed by atoms with van der Waals surface area (Å²) in [6, 6.07) is 7.82. The zero-order valence-electron chi connectivity index (χ0n) is 9.78. The van der Waals surface area contributed by atoms with Crippen LogP contribution in [0.15, 0.2) is 36.5 Å². The third kappa shape index (κ3) is 2.74. The van der Waals surface area contributed by atoms with Gasteiger partial charge in [-0.3, -0.25) is 9.78 Å². The fraction of sp³-hybridized carbons (Fsp3) is 0.143. The molecule has 2 rings (SSSR count). The summed E-state index contributed by atoms with van der Waals surface area (Å²) in [7, 11) is 0. The lowest BCUT2D eigenvalue weighted by molar-refractivity contribution is 0.0992. The number of pyridine rings is 1. The van der Waals surface area contributed by atoms with Crippen LogP contribution < -0.4 is 0 Å². The van der Waals surface area contributed by atoms with Crippen molar-refractivity contribution in [2.75, 3.05) is 0 Å². The molecule has 0 unspecified atom stereocenters. The molecule has 0 N–H and O–H groups in total. The van der Waals surface area contributed by atoms with Gasteiger partial charge in [0.25, 0.3) is 0 Å². The van der Waals surface area contributed by atoms with Crippen molar-refractivity contribution in [2.45, 2.75) is 13.3 Å². The van der Waals surface area contributed by atoms with Gasteiger partial charge in [0.05, 0.1) is 5.02 Å². The Morgan fingerprint density at radius 2 is 2.17 bits per heavy atom. The molecule has 0 aliphatic carbocycles. The highest BCUT2D eigenvalue weighted by molar-refractivity contribution is 6.30. The molecular weight excluding hydrogens is 253 g/mol. The van der Waals surface area contributed by atoms with E-state index in [-0.39, 0.29) is 17.2 Å². The minimum atomic E-state index is -0.509. The number of carbonyl (C=O) groups excluding carboxylic acids is 1. The van der Waals surface area contributed by atoms with Gasteiger partial charge in [0.2, 0.25) is 0 Å². The summed E-state index contributed by atoms with van der Waals surface area (Å²) in [5.41, 5.74) is 1.84. The van der Waals surface area contributed by atoms with Crippen LogP contribution in [0, 0.1) is 12.7 Å². The van der Waals surface area contributed by atoms with Gasteiger partial charge >= 0.3 is 0 Å². The second-order valence-electron chi connectivity index (χ2n) is 3.98. The van der Waals surface area contributed by atoms with Gasteiger partial charge < -0.3 is 0 Å². The highest BCUT2D eigenvalue weighted by Gasteiger charge is 2.11. The molecule has 1 aromatic carbocycles. The van der Waals surface area contributed by atoms with Gasteiger partial charge in [-0.2, -0.15) is 0 Å². The van der Waals surface area contributed by atoms with Crippen LogP contribution in [-0.4, -0.2) is 10.8 Å². The maximum atomic E-state index is 13.3. The van der Waals surface area contributed by atoms with E-state index in [1.807, 2.05) is 0 Å². The fourth-order valence-electron chi connectivity index (χ4n) is 1.71. The summed E-state index contributed by atoms with van der Waals surface area (Å²) in [6.07, 6.45) is 1.77. The molecule has 4 heteroatoms. The summed E-state index contributed by atoms with van der Waals surface area (Å²) in [6.45, 7) is 1.77. The van der Waals surface area contributed by atoms with Crippen LogP contribution in [0.25, 0.3) is 0 Å². The molecule has 92 valence electrons. The molecule has 0 amide bonds. The standard InChI is InChI=1S/C14H11ClFNO/c1-9-11(3-2-6-17-9)14(18)8-10-4-5-12(15)13(16)7-10/h2-7H,8H2,1H3. The highest BCUT2D eigenvalue weighted by Crippen LogP contribution is 2.17. The van der Waals surface area contributed by atoms with E-state index in [0.29, 0.717) is 16.8 Å². The van der Waals surface area contributed by atoms with Crippen LogP contribution in [0.2, 0.25) is 5.02 Å². The number of benzene rings is 1. The van der Waals surface area contributed by atoms with Gasteiger partial charge in [0.1, 0.15) is 5.82 Å². The van der Waals surface area contributed by atoms with Crippen LogP contribution in [0.5, 0.6) is 0 Å². The number of halogens is 2. The first kappa shape index (κ1) is 12.7. The molecule has 0 atom stereocenters. The van der Waals surface area contributed by atoms with E-state index in [2.05, 4.69) is 4.98 Å². The quantitative estimate of drug-likeness (QED) is 0.792. The molecule has 1 heterocycles. The van der Waals surface area contributed by atoms with Gasteiger partial charge in [0, 0.05) is 23.9 Å². The number of aromatic nitrogens is 1. The summed E-state index contributed by atoms with van der Waals surface area (Å²) in [4.78, 5) is 16.1. The van der Waals surface area contributed by atoms with Crippen molar-refractivity contribution in [1.82, 2.24) is 4.98 Å². The smallest absolute Gasteiger partial charge is 0.169 e. The van der Waals surface area contributed by atoms with Crippen molar-refractivity contribution < 1.29 is 9.18 Å².